The van der Waals surface area contributed by atoms with Crippen LogP contribution in [0.2, 0.25) is 0 Å². The number of H-pyrrole nitrogens is 1. The van der Waals surface area contributed by atoms with Gasteiger partial charge in [-0.15, -0.1) is 0 Å². The quantitative estimate of drug-likeness (QED) is 0.409. The number of hydrogen-bond acceptors (Lipinski definition) is 4. The topological polar surface area (TPSA) is 66.3 Å². The van der Waals surface area contributed by atoms with Crippen LogP contribution in [0.1, 0.15) is 34.7 Å². The van der Waals surface area contributed by atoms with Gasteiger partial charge in [-0.1, -0.05) is 12.1 Å². The molecule has 2 aromatic heterocycles. The monoisotopic (exact) mass is 386 g/mol. The Morgan fingerprint density at radius 2 is 2.07 bits per heavy atom. The van der Waals surface area contributed by atoms with Crippen LogP contribution in [0.3, 0.4) is 0 Å². The van der Waals surface area contributed by atoms with Gasteiger partial charge in [0.15, 0.2) is 11.2 Å². The number of rotatable bonds is 5. The molecule has 5 rings (SSSR count). The zero-order valence-electron chi connectivity index (χ0n) is 16.1. The largest absolute Gasteiger partial charge is 0.464 e. The van der Waals surface area contributed by atoms with Crippen LogP contribution >= 0.6 is 0 Å². The van der Waals surface area contributed by atoms with Crippen LogP contribution in [0, 0.1) is 0 Å². The highest BCUT2D eigenvalue weighted by atomic mass is 16.3. The standard InChI is InChI=1S/C24H22N2O3/c27-22(5-9-26-8-4-19(15-26)18-3-7-25-14-18)17-2-1-16-13-24-21(12-20(16)11-17)23(28)6-10-29-24/h1-3,6-7,10-14,19,25H,4-5,8-9,15H2. The average Bonchev–Trinajstić information content (AvgIpc) is 3.42. The van der Waals surface area contributed by atoms with Crippen LogP contribution in [0.5, 0.6) is 0 Å². The number of carbonyl (C=O) groups is 1. The number of nitrogens with zero attached hydrogens (tertiary/aromatic N) is 1. The second-order valence-electron chi connectivity index (χ2n) is 7.80. The molecule has 3 heterocycles. The third-order valence-electron chi connectivity index (χ3n) is 5.96. The molecule has 0 amide bonds. The van der Waals surface area contributed by atoms with E-state index in [1.165, 1.54) is 17.9 Å². The Bertz CT molecular complexity index is 1240. The van der Waals surface area contributed by atoms with E-state index in [4.69, 9.17) is 4.42 Å². The summed E-state index contributed by atoms with van der Waals surface area (Å²) in [5.41, 5.74) is 2.54. The Labute approximate surface area is 167 Å². The number of benzene rings is 2. The fraction of sp³-hybridized carbons (Fsp3) is 0.250. The molecule has 1 saturated heterocycles. The average molecular weight is 386 g/mol. The maximum Gasteiger partial charge on any atom is 0.192 e. The van der Waals surface area contributed by atoms with Gasteiger partial charge in [-0.25, -0.2) is 0 Å². The molecule has 1 fully saturated rings. The van der Waals surface area contributed by atoms with E-state index >= 15 is 0 Å². The summed E-state index contributed by atoms with van der Waals surface area (Å²) in [5, 5.41) is 2.38. The number of aromatic amines is 1. The second-order valence-corrected chi connectivity index (χ2v) is 7.80. The van der Waals surface area contributed by atoms with Crippen LogP contribution in [-0.4, -0.2) is 35.3 Å². The molecule has 0 aliphatic carbocycles. The minimum absolute atomic E-state index is 0.0733. The summed E-state index contributed by atoms with van der Waals surface area (Å²) < 4.78 is 5.43. The number of nitrogens with one attached hydrogen (secondary N) is 1. The zero-order valence-corrected chi connectivity index (χ0v) is 16.1. The van der Waals surface area contributed by atoms with E-state index in [1.807, 2.05) is 36.5 Å². The van der Waals surface area contributed by atoms with Crippen LogP contribution in [0.4, 0.5) is 0 Å². The van der Waals surface area contributed by atoms with Crippen molar-refractivity contribution >= 4 is 27.5 Å². The third kappa shape index (κ3) is 3.49. The number of ketones is 1. The Hall–Kier alpha value is -3.18. The van der Waals surface area contributed by atoms with Crippen molar-refractivity contribution in [3.05, 3.63) is 82.5 Å². The summed E-state index contributed by atoms with van der Waals surface area (Å²) >= 11 is 0. The van der Waals surface area contributed by atoms with Gasteiger partial charge in [0.25, 0.3) is 0 Å². The Balaban J connectivity index is 1.30. The molecule has 0 saturated carbocycles. The van der Waals surface area contributed by atoms with Crippen molar-refractivity contribution in [3.63, 3.8) is 0 Å². The van der Waals surface area contributed by atoms with E-state index in [-0.39, 0.29) is 11.2 Å². The predicted molar refractivity (Wildman–Crippen MR) is 114 cm³/mol. The fourth-order valence-electron chi connectivity index (χ4n) is 4.30. The maximum absolute atomic E-state index is 12.8. The molecule has 1 unspecified atom stereocenters. The van der Waals surface area contributed by atoms with Crippen LogP contribution < -0.4 is 5.43 Å². The van der Waals surface area contributed by atoms with Gasteiger partial charge < -0.3 is 14.3 Å². The summed E-state index contributed by atoms with van der Waals surface area (Å²) in [4.78, 5) is 30.3. The van der Waals surface area contributed by atoms with E-state index in [0.29, 0.717) is 28.9 Å². The first-order chi connectivity index (χ1) is 14.2. The molecule has 5 nitrogen and oxygen atoms in total. The maximum atomic E-state index is 12.8. The summed E-state index contributed by atoms with van der Waals surface area (Å²) in [6.45, 7) is 2.81. The smallest absolute Gasteiger partial charge is 0.192 e. The van der Waals surface area contributed by atoms with Gasteiger partial charge in [0.1, 0.15) is 5.58 Å². The summed E-state index contributed by atoms with van der Waals surface area (Å²) in [7, 11) is 0. The number of Topliss-reactive ketones (excluding diaryl/α,β-unsaturated/α-hetero) is 1. The van der Waals surface area contributed by atoms with Gasteiger partial charge in [0, 0.05) is 43.5 Å². The van der Waals surface area contributed by atoms with Gasteiger partial charge in [-0.3, -0.25) is 9.59 Å². The molecule has 4 aromatic rings. The minimum atomic E-state index is -0.0733. The van der Waals surface area contributed by atoms with Gasteiger partial charge >= 0.3 is 0 Å². The van der Waals surface area contributed by atoms with Crippen molar-refractivity contribution in [2.75, 3.05) is 19.6 Å². The summed E-state index contributed by atoms with van der Waals surface area (Å²) in [5.74, 6) is 0.689. The highest BCUT2D eigenvalue weighted by Gasteiger charge is 2.24. The van der Waals surface area contributed by atoms with Crippen molar-refractivity contribution in [1.29, 1.82) is 0 Å². The first kappa shape index (κ1) is 17.9. The first-order valence-corrected chi connectivity index (χ1v) is 10.0. The molecule has 1 N–H and O–H groups in total. The van der Waals surface area contributed by atoms with Crippen LogP contribution in [0.15, 0.2) is 70.3 Å². The number of hydrogen-bond donors (Lipinski definition) is 1. The minimum Gasteiger partial charge on any atom is -0.464 e. The molecule has 5 heteroatoms. The van der Waals surface area contributed by atoms with Crippen molar-refractivity contribution in [2.45, 2.75) is 18.8 Å². The lowest BCUT2D eigenvalue weighted by atomic mass is 10.0. The lowest BCUT2D eigenvalue weighted by Gasteiger charge is -2.15. The molecule has 0 bridgehead atoms. The highest BCUT2D eigenvalue weighted by Crippen LogP contribution is 2.27. The number of likely N-dealkylation sites (tertiary alicyclic amines) is 1. The van der Waals surface area contributed by atoms with Crippen molar-refractivity contribution in [2.24, 2.45) is 0 Å². The Morgan fingerprint density at radius 1 is 1.14 bits per heavy atom. The molecular weight excluding hydrogens is 364 g/mol. The molecule has 29 heavy (non-hydrogen) atoms. The molecular formula is C24H22N2O3. The normalized spacial score (nSPS) is 17.3. The van der Waals surface area contributed by atoms with Gasteiger partial charge in [0.2, 0.25) is 0 Å². The number of aromatic nitrogens is 1. The molecule has 0 spiro atoms. The van der Waals surface area contributed by atoms with E-state index < -0.39 is 0 Å². The zero-order chi connectivity index (χ0) is 19.8. The lowest BCUT2D eigenvalue weighted by molar-refractivity contribution is 0.0969. The van der Waals surface area contributed by atoms with E-state index in [2.05, 4.69) is 22.1 Å². The number of fused-ring (bicyclic) bond motifs is 2. The van der Waals surface area contributed by atoms with Gasteiger partial charge in [-0.2, -0.15) is 0 Å². The summed E-state index contributed by atoms with van der Waals surface area (Å²) in [6.07, 6.45) is 7.08. The number of carbonyl (C=O) groups excluding carboxylic acids is 1. The molecule has 146 valence electrons. The van der Waals surface area contributed by atoms with Crippen LogP contribution in [0.25, 0.3) is 21.7 Å². The van der Waals surface area contributed by atoms with Gasteiger partial charge in [0.05, 0.1) is 11.6 Å². The molecule has 1 atom stereocenters. The molecule has 0 radical (unpaired) electrons. The third-order valence-corrected chi connectivity index (χ3v) is 5.96. The SMILES string of the molecule is O=C(CCN1CCC(c2cc[nH]c2)C1)c1ccc2cc3occc(=O)c3cc2c1. The fourth-order valence-corrected chi connectivity index (χ4v) is 4.30. The molecule has 1 aliphatic heterocycles. The van der Waals surface area contributed by atoms with Crippen molar-refractivity contribution in [1.82, 2.24) is 9.88 Å². The van der Waals surface area contributed by atoms with Crippen molar-refractivity contribution < 1.29 is 9.21 Å². The summed E-state index contributed by atoms with van der Waals surface area (Å²) in [6, 6.07) is 12.9. The highest BCUT2D eigenvalue weighted by molar-refractivity contribution is 6.02. The van der Waals surface area contributed by atoms with E-state index in [9.17, 15) is 9.59 Å². The molecule has 1 aliphatic rings. The van der Waals surface area contributed by atoms with Crippen molar-refractivity contribution in [3.8, 4) is 0 Å². The van der Waals surface area contributed by atoms with E-state index in [1.54, 1.807) is 0 Å². The van der Waals surface area contributed by atoms with Gasteiger partial charge in [-0.05, 0) is 59.5 Å². The Kier molecular flexibility index (Phi) is 4.52. The van der Waals surface area contributed by atoms with Crippen LogP contribution in [-0.2, 0) is 0 Å². The molecule has 2 aromatic carbocycles. The Morgan fingerprint density at radius 3 is 2.93 bits per heavy atom. The second kappa shape index (κ2) is 7.33. The lowest BCUT2D eigenvalue weighted by Crippen LogP contribution is -2.23. The van der Waals surface area contributed by atoms with E-state index in [0.717, 1.165) is 36.8 Å². The predicted octanol–water partition coefficient (Wildman–Crippen LogP) is 4.34. The first-order valence-electron chi connectivity index (χ1n) is 10.0.